The molecule has 1 unspecified atom stereocenters. The maximum atomic E-state index is 10.8. The van der Waals surface area contributed by atoms with Crippen molar-refractivity contribution in [2.45, 2.75) is 6.92 Å². The van der Waals surface area contributed by atoms with Crippen molar-refractivity contribution in [3.8, 4) is 0 Å². The first-order chi connectivity index (χ1) is 8.08. The molecule has 1 heterocycles. The Labute approximate surface area is 98.2 Å². The molecular weight excluding hydrogens is 226 g/mol. The first kappa shape index (κ1) is 13.1. The molecule has 0 saturated carbocycles. The number of aliphatic hydroxyl groups is 1. The lowest BCUT2D eigenvalue weighted by Crippen LogP contribution is -2.16. The normalized spacial score (nSPS) is 11.9. The zero-order valence-corrected chi connectivity index (χ0v) is 9.67. The molecule has 1 rings (SSSR count). The lowest BCUT2D eigenvalue weighted by Gasteiger charge is -2.10. The molecule has 0 spiro atoms. The van der Waals surface area contributed by atoms with Crippen LogP contribution in [0.3, 0.4) is 0 Å². The fourth-order valence-corrected chi connectivity index (χ4v) is 1.10. The minimum absolute atomic E-state index is 0.00473. The Morgan fingerprint density at radius 2 is 2.35 bits per heavy atom. The van der Waals surface area contributed by atoms with E-state index in [2.05, 4.69) is 20.6 Å². The minimum atomic E-state index is -0.550. The number of nitrogens with one attached hydrogen (secondary N) is 2. The van der Waals surface area contributed by atoms with Gasteiger partial charge in [-0.2, -0.15) is 4.98 Å². The van der Waals surface area contributed by atoms with Crippen LogP contribution in [0.25, 0.3) is 0 Å². The van der Waals surface area contributed by atoms with Crippen molar-refractivity contribution in [3.05, 3.63) is 16.3 Å². The third kappa shape index (κ3) is 3.52. The van der Waals surface area contributed by atoms with Crippen molar-refractivity contribution in [2.75, 3.05) is 30.8 Å². The SMILES string of the molecule is CNc1ncc([N+](=O)[O-])c(NCC(C)CO)n1. The Morgan fingerprint density at radius 3 is 2.88 bits per heavy atom. The van der Waals surface area contributed by atoms with Gasteiger partial charge in [-0.3, -0.25) is 10.1 Å². The van der Waals surface area contributed by atoms with Crippen LogP contribution in [0.15, 0.2) is 6.20 Å². The molecule has 1 aromatic rings. The van der Waals surface area contributed by atoms with E-state index >= 15 is 0 Å². The van der Waals surface area contributed by atoms with Gasteiger partial charge >= 0.3 is 5.69 Å². The van der Waals surface area contributed by atoms with Crippen LogP contribution >= 0.6 is 0 Å². The molecule has 94 valence electrons. The van der Waals surface area contributed by atoms with E-state index in [1.54, 1.807) is 7.05 Å². The molecule has 0 aromatic carbocycles. The highest BCUT2D eigenvalue weighted by atomic mass is 16.6. The van der Waals surface area contributed by atoms with Gasteiger partial charge in [-0.05, 0) is 5.92 Å². The van der Waals surface area contributed by atoms with E-state index in [4.69, 9.17) is 5.11 Å². The summed E-state index contributed by atoms with van der Waals surface area (Å²) in [6, 6.07) is 0. The summed E-state index contributed by atoms with van der Waals surface area (Å²) in [5.41, 5.74) is -0.186. The predicted octanol–water partition coefficient (Wildman–Crippen LogP) is 0.467. The largest absolute Gasteiger partial charge is 0.396 e. The van der Waals surface area contributed by atoms with Gasteiger partial charge in [0.25, 0.3) is 0 Å². The van der Waals surface area contributed by atoms with Crippen molar-refractivity contribution in [3.63, 3.8) is 0 Å². The number of anilines is 2. The van der Waals surface area contributed by atoms with E-state index in [1.165, 1.54) is 0 Å². The van der Waals surface area contributed by atoms with Crippen molar-refractivity contribution in [2.24, 2.45) is 5.92 Å². The van der Waals surface area contributed by atoms with Gasteiger partial charge in [0.05, 0.1) is 4.92 Å². The first-order valence-electron chi connectivity index (χ1n) is 5.12. The molecular formula is C9H15N5O3. The van der Waals surface area contributed by atoms with Crippen molar-refractivity contribution < 1.29 is 10.0 Å². The maximum absolute atomic E-state index is 10.8. The average Bonchev–Trinajstić information content (AvgIpc) is 2.35. The Kier molecular flexibility index (Phi) is 4.58. The summed E-state index contributed by atoms with van der Waals surface area (Å²) in [6.07, 6.45) is 1.14. The smallest absolute Gasteiger partial charge is 0.329 e. The summed E-state index contributed by atoms with van der Waals surface area (Å²) in [5, 5.41) is 25.2. The number of aliphatic hydroxyl groups excluding tert-OH is 1. The van der Waals surface area contributed by atoms with Gasteiger partial charge in [0, 0.05) is 20.2 Å². The summed E-state index contributed by atoms with van der Waals surface area (Å²) in [7, 11) is 1.63. The van der Waals surface area contributed by atoms with Crippen LogP contribution in [0.4, 0.5) is 17.5 Å². The Morgan fingerprint density at radius 1 is 1.65 bits per heavy atom. The fraction of sp³-hybridized carbons (Fsp3) is 0.556. The molecule has 0 radical (unpaired) electrons. The van der Waals surface area contributed by atoms with Crippen molar-refractivity contribution in [1.29, 1.82) is 0 Å². The third-order valence-corrected chi connectivity index (χ3v) is 2.12. The second kappa shape index (κ2) is 5.94. The van der Waals surface area contributed by atoms with Crippen LogP contribution < -0.4 is 10.6 Å². The highest BCUT2D eigenvalue weighted by Crippen LogP contribution is 2.21. The second-order valence-electron chi connectivity index (χ2n) is 3.60. The van der Waals surface area contributed by atoms with Crippen LogP contribution in [0.2, 0.25) is 0 Å². The van der Waals surface area contributed by atoms with Crippen LogP contribution in [0.5, 0.6) is 0 Å². The van der Waals surface area contributed by atoms with E-state index in [-0.39, 0.29) is 24.0 Å². The van der Waals surface area contributed by atoms with E-state index in [9.17, 15) is 10.1 Å². The number of hydrogen-bond acceptors (Lipinski definition) is 7. The number of rotatable bonds is 6. The van der Waals surface area contributed by atoms with Gasteiger partial charge < -0.3 is 15.7 Å². The molecule has 0 amide bonds. The Balaban J connectivity index is 2.89. The molecule has 8 heteroatoms. The topological polar surface area (TPSA) is 113 Å². The summed E-state index contributed by atoms with van der Waals surface area (Å²) in [4.78, 5) is 17.9. The molecule has 17 heavy (non-hydrogen) atoms. The van der Waals surface area contributed by atoms with Gasteiger partial charge in [-0.1, -0.05) is 6.92 Å². The summed E-state index contributed by atoms with van der Waals surface area (Å²) in [5.74, 6) is 0.437. The Bertz CT molecular complexity index is 398. The zero-order valence-electron chi connectivity index (χ0n) is 9.67. The van der Waals surface area contributed by atoms with Gasteiger partial charge in [-0.15, -0.1) is 0 Å². The first-order valence-corrected chi connectivity index (χ1v) is 5.12. The molecule has 0 saturated heterocycles. The highest BCUT2D eigenvalue weighted by molar-refractivity contribution is 5.56. The second-order valence-corrected chi connectivity index (χ2v) is 3.60. The number of hydrogen-bond donors (Lipinski definition) is 3. The molecule has 1 aromatic heterocycles. The van der Waals surface area contributed by atoms with Gasteiger partial charge in [-0.25, -0.2) is 4.98 Å². The molecule has 0 aliphatic rings. The van der Waals surface area contributed by atoms with Gasteiger partial charge in [0.1, 0.15) is 6.20 Å². The Hall–Kier alpha value is -1.96. The van der Waals surface area contributed by atoms with Crippen LogP contribution in [-0.4, -0.2) is 40.2 Å². The summed E-state index contributed by atoms with van der Waals surface area (Å²) >= 11 is 0. The van der Waals surface area contributed by atoms with E-state index < -0.39 is 4.92 Å². The number of nitrogens with zero attached hydrogens (tertiary/aromatic N) is 3. The van der Waals surface area contributed by atoms with Crippen molar-refractivity contribution >= 4 is 17.5 Å². The lowest BCUT2D eigenvalue weighted by atomic mass is 10.2. The minimum Gasteiger partial charge on any atom is -0.396 e. The van der Waals surface area contributed by atoms with E-state index in [0.29, 0.717) is 12.5 Å². The third-order valence-electron chi connectivity index (χ3n) is 2.12. The number of nitro groups is 1. The molecule has 0 aliphatic heterocycles. The van der Waals surface area contributed by atoms with Crippen molar-refractivity contribution in [1.82, 2.24) is 9.97 Å². The van der Waals surface area contributed by atoms with E-state index in [0.717, 1.165) is 6.20 Å². The lowest BCUT2D eigenvalue weighted by molar-refractivity contribution is -0.384. The summed E-state index contributed by atoms with van der Waals surface area (Å²) in [6.45, 7) is 2.22. The average molecular weight is 241 g/mol. The monoisotopic (exact) mass is 241 g/mol. The van der Waals surface area contributed by atoms with Gasteiger partial charge in [0.15, 0.2) is 0 Å². The zero-order chi connectivity index (χ0) is 12.8. The van der Waals surface area contributed by atoms with Gasteiger partial charge in [0.2, 0.25) is 11.8 Å². The van der Waals surface area contributed by atoms with Crippen LogP contribution in [0, 0.1) is 16.0 Å². The molecule has 1 atom stereocenters. The quantitative estimate of drug-likeness (QED) is 0.490. The molecule has 8 nitrogen and oxygen atoms in total. The summed E-state index contributed by atoms with van der Waals surface area (Å²) < 4.78 is 0. The highest BCUT2D eigenvalue weighted by Gasteiger charge is 2.17. The molecule has 0 aliphatic carbocycles. The molecule has 0 bridgehead atoms. The predicted molar refractivity (Wildman–Crippen MR) is 63.0 cm³/mol. The number of aromatic nitrogens is 2. The molecule has 3 N–H and O–H groups in total. The van der Waals surface area contributed by atoms with Crippen LogP contribution in [-0.2, 0) is 0 Å². The van der Waals surface area contributed by atoms with Crippen LogP contribution in [0.1, 0.15) is 6.92 Å². The maximum Gasteiger partial charge on any atom is 0.329 e. The fourth-order valence-electron chi connectivity index (χ4n) is 1.10. The molecule has 0 fully saturated rings. The standard InChI is InChI=1S/C9H15N5O3/c1-6(5-15)3-11-8-7(14(16)17)4-12-9(10-2)13-8/h4,6,15H,3,5H2,1-2H3,(H2,10,11,12,13). The van der Waals surface area contributed by atoms with E-state index in [1.807, 2.05) is 6.92 Å².